The maximum atomic E-state index is 13.4. The van der Waals surface area contributed by atoms with Crippen LogP contribution in [0.2, 0.25) is 0 Å². The summed E-state index contributed by atoms with van der Waals surface area (Å²) in [5.41, 5.74) is 6.18. The van der Waals surface area contributed by atoms with E-state index in [4.69, 9.17) is 0 Å². The molecule has 3 aromatic rings. The average Bonchev–Trinajstić information content (AvgIpc) is 2.68. The molecule has 2 heteroatoms. The van der Waals surface area contributed by atoms with Crippen molar-refractivity contribution in [3.8, 4) is 23.7 Å². The van der Waals surface area contributed by atoms with Gasteiger partial charge in [0.15, 0.2) is 0 Å². The first-order chi connectivity index (χ1) is 13.8. The fourth-order valence-corrected chi connectivity index (χ4v) is 2.84. The van der Waals surface area contributed by atoms with Gasteiger partial charge in [-0.2, -0.15) is 0 Å². The lowest BCUT2D eigenvalue weighted by Gasteiger charge is -2.12. The monoisotopic (exact) mass is 384 g/mol. The summed E-state index contributed by atoms with van der Waals surface area (Å²) in [7, 11) is 0. The Balaban J connectivity index is 1.73. The Morgan fingerprint density at radius 1 is 0.655 bits per heavy atom. The summed E-state index contributed by atoms with van der Waals surface area (Å²) in [4.78, 5) is 0. The standard InChI is InChI=1S/C27H22F2/c1-20-4-7-22(8-5-20)10-11-23-12-14-24(15-13-23)16-17-25-9-6-21(2)26(18-25)19-27(3,28)29/h4-9,12-15,18H,19H2,1-3H3. The molecule has 0 fully saturated rings. The van der Waals surface area contributed by atoms with E-state index in [2.05, 4.69) is 23.7 Å². The highest BCUT2D eigenvalue weighted by atomic mass is 19.3. The Morgan fingerprint density at radius 3 is 1.55 bits per heavy atom. The maximum Gasteiger partial charge on any atom is 0.249 e. The van der Waals surface area contributed by atoms with Gasteiger partial charge in [0.2, 0.25) is 5.92 Å². The lowest BCUT2D eigenvalue weighted by atomic mass is 10.00. The van der Waals surface area contributed by atoms with E-state index in [-0.39, 0.29) is 6.42 Å². The molecule has 0 saturated carbocycles. The molecule has 0 aromatic heterocycles. The van der Waals surface area contributed by atoms with Crippen molar-refractivity contribution < 1.29 is 8.78 Å². The van der Waals surface area contributed by atoms with Crippen molar-refractivity contribution >= 4 is 0 Å². The number of halogens is 2. The van der Waals surface area contributed by atoms with Gasteiger partial charge in [0.1, 0.15) is 0 Å². The molecular weight excluding hydrogens is 362 g/mol. The second-order valence-electron chi connectivity index (χ2n) is 7.33. The van der Waals surface area contributed by atoms with Crippen LogP contribution in [0.25, 0.3) is 0 Å². The minimum atomic E-state index is -2.73. The van der Waals surface area contributed by atoms with Gasteiger partial charge in [0.25, 0.3) is 0 Å². The van der Waals surface area contributed by atoms with Crippen LogP contribution in [-0.2, 0) is 6.42 Å². The van der Waals surface area contributed by atoms with Crippen LogP contribution in [0, 0.1) is 37.5 Å². The first kappa shape index (κ1) is 20.4. The molecule has 29 heavy (non-hydrogen) atoms. The molecule has 0 radical (unpaired) electrons. The third-order valence-electron chi connectivity index (χ3n) is 4.49. The Morgan fingerprint density at radius 2 is 1.07 bits per heavy atom. The fraction of sp³-hybridized carbons (Fsp3) is 0.185. The third kappa shape index (κ3) is 6.34. The summed E-state index contributed by atoms with van der Waals surface area (Å²) in [6.45, 7) is 4.83. The summed E-state index contributed by atoms with van der Waals surface area (Å²) in [6.07, 6.45) is -0.275. The Bertz CT molecular complexity index is 1110. The minimum absolute atomic E-state index is 0.275. The third-order valence-corrected chi connectivity index (χ3v) is 4.49. The SMILES string of the molecule is Cc1ccc(C#Cc2ccc(C#Cc3ccc(C)c(CC(C)(F)F)c3)cc2)cc1. The van der Waals surface area contributed by atoms with E-state index in [9.17, 15) is 8.78 Å². The van der Waals surface area contributed by atoms with E-state index in [1.54, 1.807) is 6.07 Å². The van der Waals surface area contributed by atoms with Crippen LogP contribution < -0.4 is 0 Å². The number of hydrogen-bond donors (Lipinski definition) is 0. The van der Waals surface area contributed by atoms with Crippen molar-refractivity contribution in [2.24, 2.45) is 0 Å². The van der Waals surface area contributed by atoms with Crippen LogP contribution in [0.1, 0.15) is 45.9 Å². The van der Waals surface area contributed by atoms with Crippen molar-refractivity contribution in [3.63, 3.8) is 0 Å². The molecule has 0 N–H and O–H groups in total. The molecule has 0 heterocycles. The Hall–Kier alpha value is -3.36. The second kappa shape index (κ2) is 8.76. The van der Waals surface area contributed by atoms with Crippen LogP contribution in [-0.4, -0.2) is 5.92 Å². The van der Waals surface area contributed by atoms with Crippen molar-refractivity contribution in [2.45, 2.75) is 33.1 Å². The van der Waals surface area contributed by atoms with Crippen LogP contribution in [0.3, 0.4) is 0 Å². The van der Waals surface area contributed by atoms with Gasteiger partial charge in [-0.1, -0.05) is 47.4 Å². The highest BCUT2D eigenvalue weighted by Crippen LogP contribution is 2.22. The summed E-state index contributed by atoms with van der Waals surface area (Å²) < 4.78 is 26.7. The largest absolute Gasteiger partial charge is 0.249 e. The molecule has 0 saturated heterocycles. The van der Waals surface area contributed by atoms with Crippen molar-refractivity contribution in [1.29, 1.82) is 0 Å². The van der Waals surface area contributed by atoms with Crippen molar-refractivity contribution in [2.75, 3.05) is 0 Å². The summed E-state index contributed by atoms with van der Waals surface area (Å²) >= 11 is 0. The van der Waals surface area contributed by atoms with Gasteiger partial charge < -0.3 is 0 Å². The molecule has 3 rings (SSSR count). The molecule has 0 aliphatic carbocycles. The van der Waals surface area contributed by atoms with Gasteiger partial charge in [0, 0.05) is 28.7 Å². The van der Waals surface area contributed by atoms with E-state index in [0.29, 0.717) is 5.56 Å². The zero-order valence-electron chi connectivity index (χ0n) is 16.8. The minimum Gasteiger partial charge on any atom is -0.207 e. The zero-order chi connectivity index (χ0) is 20.9. The molecule has 0 atom stereocenters. The topological polar surface area (TPSA) is 0 Å². The highest BCUT2D eigenvalue weighted by molar-refractivity contribution is 5.49. The van der Waals surface area contributed by atoms with Crippen molar-refractivity contribution in [3.05, 3.63) is 106 Å². The first-order valence-corrected chi connectivity index (χ1v) is 9.47. The number of rotatable bonds is 2. The fourth-order valence-electron chi connectivity index (χ4n) is 2.84. The first-order valence-electron chi connectivity index (χ1n) is 9.47. The van der Waals surface area contributed by atoms with Crippen molar-refractivity contribution in [1.82, 2.24) is 0 Å². The van der Waals surface area contributed by atoms with E-state index >= 15 is 0 Å². The predicted molar refractivity (Wildman–Crippen MR) is 115 cm³/mol. The number of aryl methyl sites for hydroxylation is 2. The summed E-state index contributed by atoms with van der Waals surface area (Å²) in [5.74, 6) is 9.72. The molecule has 0 unspecified atom stereocenters. The van der Waals surface area contributed by atoms with Gasteiger partial charge >= 0.3 is 0 Å². The molecule has 0 bridgehead atoms. The van der Waals surface area contributed by atoms with Crippen LogP contribution >= 0.6 is 0 Å². The molecular formula is C27H22F2. The maximum absolute atomic E-state index is 13.4. The normalized spacial score (nSPS) is 10.5. The lowest BCUT2D eigenvalue weighted by molar-refractivity contribution is 0.0224. The lowest BCUT2D eigenvalue weighted by Crippen LogP contribution is -2.14. The summed E-state index contributed by atoms with van der Waals surface area (Å²) in [5, 5.41) is 0. The average molecular weight is 384 g/mol. The van der Waals surface area contributed by atoms with E-state index in [1.807, 2.05) is 74.5 Å². The van der Waals surface area contributed by atoms with Gasteiger partial charge in [-0.05, 0) is 80.4 Å². The number of benzene rings is 3. The zero-order valence-corrected chi connectivity index (χ0v) is 16.8. The Kier molecular flexibility index (Phi) is 6.16. The van der Waals surface area contributed by atoms with Crippen LogP contribution in [0.4, 0.5) is 8.78 Å². The molecule has 0 spiro atoms. The number of alkyl halides is 2. The smallest absolute Gasteiger partial charge is 0.207 e. The Labute approximate surface area is 171 Å². The van der Waals surface area contributed by atoms with Gasteiger partial charge in [-0.15, -0.1) is 0 Å². The van der Waals surface area contributed by atoms with Gasteiger partial charge in [-0.3, -0.25) is 0 Å². The van der Waals surface area contributed by atoms with E-state index < -0.39 is 5.92 Å². The molecule has 0 nitrogen and oxygen atoms in total. The molecule has 3 aromatic carbocycles. The molecule has 0 aliphatic heterocycles. The van der Waals surface area contributed by atoms with E-state index in [1.165, 1.54) is 5.56 Å². The highest BCUT2D eigenvalue weighted by Gasteiger charge is 2.22. The van der Waals surface area contributed by atoms with Crippen LogP contribution in [0.5, 0.6) is 0 Å². The van der Waals surface area contributed by atoms with Crippen LogP contribution in [0.15, 0.2) is 66.7 Å². The molecule has 144 valence electrons. The quantitative estimate of drug-likeness (QED) is 0.455. The molecule has 0 aliphatic rings. The second-order valence-corrected chi connectivity index (χ2v) is 7.33. The van der Waals surface area contributed by atoms with E-state index in [0.717, 1.165) is 34.7 Å². The summed E-state index contributed by atoms with van der Waals surface area (Å²) in [6, 6.07) is 21.3. The molecule has 0 amide bonds. The number of hydrogen-bond acceptors (Lipinski definition) is 0. The van der Waals surface area contributed by atoms with Gasteiger partial charge in [0.05, 0.1) is 0 Å². The predicted octanol–water partition coefficient (Wildman–Crippen LogP) is 6.30. The van der Waals surface area contributed by atoms with Gasteiger partial charge in [-0.25, -0.2) is 8.78 Å².